The first-order chi connectivity index (χ1) is 17.0. The molecule has 0 aromatic heterocycles. The fourth-order valence-corrected chi connectivity index (χ4v) is 5.66. The zero-order valence-electron chi connectivity index (χ0n) is 22.0. The van der Waals surface area contributed by atoms with Crippen LogP contribution in [0.4, 0.5) is 5.69 Å². The van der Waals surface area contributed by atoms with Crippen molar-refractivity contribution in [2.24, 2.45) is 0 Å². The lowest BCUT2D eigenvalue weighted by molar-refractivity contribution is -0.134. The highest BCUT2D eigenvalue weighted by Crippen LogP contribution is 2.21. The van der Waals surface area contributed by atoms with Crippen molar-refractivity contribution in [3.05, 3.63) is 29.8 Å². The van der Waals surface area contributed by atoms with Crippen molar-refractivity contribution >= 4 is 17.5 Å². The molecule has 3 aliphatic heterocycles. The van der Waals surface area contributed by atoms with Crippen molar-refractivity contribution in [3.8, 4) is 0 Å². The zero-order valence-corrected chi connectivity index (χ0v) is 22.0. The van der Waals surface area contributed by atoms with E-state index in [1.54, 1.807) is 0 Å². The maximum Gasteiger partial charge on any atom is 0.253 e. The zero-order chi connectivity index (χ0) is 24.6. The van der Waals surface area contributed by atoms with E-state index in [2.05, 4.69) is 45.6 Å². The summed E-state index contributed by atoms with van der Waals surface area (Å²) in [6, 6.07) is 8.73. The molecule has 0 N–H and O–H groups in total. The van der Waals surface area contributed by atoms with Crippen molar-refractivity contribution in [2.45, 2.75) is 58.4 Å². The first kappa shape index (κ1) is 26.0. The highest BCUT2D eigenvalue weighted by atomic mass is 16.2. The number of hydrogen-bond acceptors (Lipinski definition) is 5. The molecule has 0 saturated carbocycles. The molecule has 1 atom stereocenters. The number of hydrogen-bond donors (Lipinski definition) is 0. The molecule has 2 amide bonds. The number of piperazine rings is 2. The molecule has 7 nitrogen and oxygen atoms in total. The van der Waals surface area contributed by atoms with Gasteiger partial charge in [0.2, 0.25) is 5.91 Å². The fraction of sp³-hybridized carbons (Fsp3) is 0.714. The van der Waals surface area contributed by atoms with Crippen molar-refractivity contribution in [2.75, 3.05) is 76.9 Å². The molecule has 3 saturated heterocycles. The monoisotopic (exact) mass is 483 g/mol. The highest BCUT2D eigenvalue weighted by Gasteiger charge is 2.27. The Labute approximate surface area is 212 Å². The molecule has 1 aromatic rings. The summed E-state index contributed by atoms with van der Waals surface area (Å²) in [6.45, 7) is 14.1. The molecule has 7 heteroatoms. The van der Waals surface area contributed by atoms with Gasteiger partial charge in [0.25, 0.3) is 5.91 Å². The average Bonchev–Trinajstić information content (AvgIpc) is 2.92. The van der Waals surface area contributed by atoms with Crippen LogP contribution >= 0.6 is 0 Å². The number of likely N-dealkylation sites (tertiary alicyclic amines) is 1. The summed E-state index contributed by atoms with van der Waals surface area (Å²) < 4.78 is 0. The fourth-order valence-electron chi connectivity index (χ4n) is 5.66. The Morgan fingerprint density at radius 2 is 1.57 bits per heavy atom. The molecule has 35 heavy (non-hydrogen) atoms. The predicted molar refractivity (Wildman–Crippen MR) is 142 cm³/mol. The van der Waals surface area contributed by atoms with Gasteiger partial charge in [-0.25, -0.2) is 0 Å². The summed E-state index contributed by atoms with van der Waals surface area (Å²) in [5.74, 6) is 0.434. The van der Waals surface area contributed by atoms with Gasteiger partial charge in [-0.15, -0.1) is 0 Å². The van der Waals surface area contributed by atoms with E-state index in [1.165, 1.54) is 25.7 Å². The summed E-state index contributed by atoms with van der Waals surface area (Å²) in [6.07, 6.45) is 7.23. The molecule has 0 bridgehead atoms. The standard InChI is InChI=1S/C28H45N5O2/c1-3-4-9-24(2)30-18-20-32(21-19-30)27(34)23-29-14-16-31(17-15-29)26-11-8-10-25(22-26)28(35)33-12-6-5-7-13-33/h8,10-11,22,24H,3-7,9,12-21,23H2,1-2H3. The number of carbonyl (C=O) groups excluding carboxylic acids is 2. The smallest absolute Gasteiger partial charge is 0.253 e. The molecule has 194 valence electrons. The van der Waals surface area contributed by atoms with Gasteiger partial charge in [0.1, 0.15) is 0 Å². The van der Waals surface area contributed by atoms with Crippen molar-refractivity contribution in [1.82, 2.24) is 19.6 Å². The number of amides is 2. The van der Waals surface area contributed by atoms with Crippen molar-refractivity contribution < 1.29 is 9.59 Å². The van der Waals surface area contributed by atoms with E-state index < -0.39 is 0 Å². The third-order valence-electron chi connectivity index (χ3n) is 8.10. The predicted octanol–water partition coefficient (Wildman–Crippen LogP) is 3.16. The van der Waals surface area contributed by atoms with Crippen LogP contribution in [0.3, 0.4) is 0 Å². The number of anilines is 1. The van der Waals surface area contributed by atoms with E-state index >= 15 is 0 Å². The summed E-state index contributed by atoms with van der Waals surface area (Å²) in [4.78, 5) is 37.1. The molecule has 0 spiro atoms. The molecule has 3 heterocycles. The largest absolute Gasteiger partial charge is 0.369 e. The molecule has 1 aromatic carbocycles. The summed E-state index contributed by atoms with van der Waals surface area (Å²) >= 11 is 0. The lowest BCUT2D eigenvalue weighted by atomic mass is 10.1. The second kappa shape index (κ2) is 12.7. The highest BCUT2D eigenvalue weighted by molar-refractivity contribution is 5.95. The third kappa shape index (κ3) is 6.98. The van der Waals surface area contributed by atoms with Crippen LogP contribution in [0, 0.1) is 0 Å². The number of nitrogens with zero attached hydrogens (tertiary/aromatic N) is 5. The topological polar surface area (TPSA) is 50.3 Å². The first-order valence-electron chi connectivity index (χ1n) is 13.9. The van der Waals surface area contributed by atoms with E-state index in [4.69, 9.17) is 0 Å². The lowest BCUT2D eigenvalue weighted by Crippen LogP contribution is -2.55. The normalized spacial score (nSPS) is 21.3. The maximum absolute atomic E-state index is 12.9. The van der Waals surface area contributed by atoms with E-state index in [1.807, 2.05) is 17.0 Å². The molecule has 3 fully saturated rings. The Kier molecular flexibility index (Phi) is 9.44. The van der Waals surface area contributed by atoms with Crippen LogP contribution < -0.4 is 4.90 Å². The molecular weight excluding hydrogens is 438 g/mol. The third-order valence-corrected chi connectivity index (χ3v) is 8.10. The van der Waals surface area contributed by atoms with Crippen molar-refractivity contribution in [1.29, 1.82) is 0 Å². The van der Waals surface area contributed by atoms with Crippen LogP contribution in [0.25, 0.3) is 0 Å². The number of benzene rings is 1. The molecular formula is C28H45N5O2. The van der Waals surface area contributed by atoms with Gasteiger partial charge in [0.05, 0.1) is 6.54 Å². The average molecular weight is 484 g/mol. The van der Waals surface area contributed by atoms with Gasteiger partial charge in [0, 0.05) is 82.7 Å². The molecule has 0 aliphatic carbocycles. The lowest BCUT2D eigenvalue weighted by Gasteiger charge is -2.40. The second-order valence-electron chi connectivity index (χ2n) is 10.6. The summed E-state index contributed by atoms with van der Waals surface area (Å²) in [5.41, 5.74) is 1.91. The van der Waals surface area contributed by atoms with Gasteiger partial charge in [-0.1, -0.05) is 25.8 Å². The minimum Gasteiger partial charge on any atom is -0.369 e. The summed E-state index contributed by atoms with van der Waals surface area (Å²) in [5, 5.41) is 0. The Bertz CT molecular complexity index is 824. The molecule has 0 radical (unpaired) electrons. The molecule has 1 unspecified atom stereocenters. The van der Waals surface area contributed by atoms with E-state index in [0.717, 1.165) is 89.5 Å². The summed E-state index contributed by atoms with van der Waals surface area (Å²) in [7, 11) is 0. The minimum absolute atomic E-state index is 0.163. The van der Waals surface area contributed by atoms with Crippen LogP contribution in [-0.4, -0.2) is 109 Å². The van der Waals surface area contributed by atoms with Gasteiger partial charge in [-0.3, -0.25) is 19.4 Å². The van der Waals surface area contributed by atoms with Gasteiger partial charge < -0.3 is 14.7 Å². The van der Waals surface area contributed by atoms with Crippen molar-refractivity contribution in [3.63, 3.8) is 0 Å². The Balaban J connectivity index is 1.21. The SMILES string of the molecule is CCCCC(C)N1CCN(C(=O)CN2CCN(c3cccc(C(=O)N4CCCCC4)c3)CC2)CC1. The van der Waals surface area contributed by atoms with Crippen LogP contribution in [0.2, 0.25) is 0 Å². The van der Waals surface area contributed by atoms with E-state index in [9.17, 15) is 9.59 Å². The van der Waals surface area contributed by atoms with E-state index in [0.29, 0.717) is 12.6 Å². The van der Waals surface area contributed by atoms with Gasteiger partial charge in [0.15, 0.2) is 0 Å². The van der Waals surface area contributed by atoms with Gasteiger partial charge >= 0.3 is 0 Å². The maximum atomic E-state index is 12.9. The van der Waals surface area contributed by atoms with Crippen LogP contribution in [0.1, 0.15) is 62.7 Å². The minimum atomic E-state index is 0.163. The van der Waals surface area contributed by atoms with Crippen LogP contribution in [-0.2, 0) is 4.79 Å². The molecule has 4 rings (SSSR count). The van der Waals surface area contributed by atoms with Gasteiger partial charge in [-0.2, -0.15) is 0 Å². The van der Waals surface area contributed by atoms with Crippen LogP contribution in [0.5, 0.6) is 0 Å². The Morgan fingerprint density at radius 1 is 0.857 bits per heavy atom. The number of unbranched alkanes of at least 4 members (excludes halogenated alkanes) is 1. The Morgan fingerprint density at radius 3 is 2.26 bits per heavy atom. The van der Waals surface area contributed by atoms with E-state index in [-0.39, 0.29) is 11.8 Å². The first-order valence-corrected chi connectivity index (χ1v) is 13.9. The van der Waals surface area contributed by atoms with Gasteiger partial charge in [-0.05, 0) is 50.8 Å². The second-order valence-corrected chi connectivity index (χ2v) is 10.6. The number of rotatable bonds is 8. The molecule has 3 aliphatic rings. The quantitative estimate of drug-likeness (QED) is 0.569. The number of carbonyl (C=O) groups is 2. The Hall–Kier alpha value is -2.12. The van der Waals surface area contributed by atoms with Crippen LogP contribution in [0.15, 0.2) is 24.3 Å². The number of piperidine rings is 1.